The third-order valence-corrected chi connectivity index (χ3v) is 2.82. The van der Waals surface area contributed by atoms with Crippen LogP contribution in [0.1, 0.15) is 26.3 Å². The van der Waals surface area contributed by atoms with Crippen molar-refractivity contribution in [3.63, 3.8) is 0 Å². The lowest BCUT2D eigenvalue weighted by Crippen LogP contribution is -2.44. The molecule has 1 amide bonds. The molecule has 0 spiro atoms. The van der Waals surface area contributed by atoms with Crippen molar-refractivity contribution in [2.45, 2.75) is 32.2 Å². The van der Waals surface area contributed by atoms with Crippen molar-refractivity contribution in [1.29, 1.82) is 0 Å². The Balaban J connectivity index is 2.78. The van der Waals surface area contributed by atoms with Gasteiger partial charge in [-0.15, -0.1) is 0 Å². The molecule has 0 aliphatic carbocycles. The molecule has 104 valence electrons. The van der Waals surface area contributed by atoms with Gasteiger partial charge in [0, 0.05) is 5.69 Å². The summed E-state index contributed by atoms with van der Waals surface area (Å²) in [4.78, 5) is 22.5. The summed E-state index contributed by atoms with van der Waals surface area (Å²) in [6.45, 7) is 6.30. The summed E-state index contributed by atoms with van der Waals surface area (Å²) < 4.78 is 0. The number of likely N-dealkylation sites (N-methyl/N-ethyl adjacent to an activating group) is 1. The second kappa shape index (κ2) is 5.84. The van der Waals surface area contributed by atoms with Crippen LogP contribution in [0.3, 0.4) is 0 Å². The third kappa shape index (κ3) is 4.06. The third-order valence-electron chi connectivity index (χ3n) is 2.82. The minimum Gasteiger partial charge on any atom is -0.480 e. The predicted molar refractivity (Wildman–Crippen MR) is 74.3 cm³/mol. The highest BCUT2D eigenvalue weighted by atomic mass is 16.4. The van der Waals surface area contributed by atoms with Crippen LogP contribution in [0.15, 0.2) is 24.3 Å². The van der Waals surface area contributed by atoms with Crippen LogP contribution in [0.25, 0.3) is 0 Å². The molecule has 1 aromatic rings. The van der Waals surface area contributed by atoms with Crippen molar-refractivity contribution in [3.05, 3.63) is 29.8 Å². The monoisotopic (exact) mass is 264 g/mol. The van der Waals surface area contributed by atoms with Crippen LogP contribution in [0.2, 0.25) is 0 Å². The van der Waals surface area contributed by atoms with Gasteiger partial charge < -0.3 is 10.4 Å². The molecule has 0 bridgehead atoms. The average molecular weight is 264 g/mol. The van der Waals surface area contributed by atoms with Crippen LogP contribution in [-0.2, 0) is 15.0 Å². The lowest BCUT2D eigenvalue weighted by Gasteiger charge is -2.19. The number of benzene rings is 1. The van der Waals surface area contributed by atoms with Crippen molar-refractivity contribution >= 4 is 17.6 Å². The van der Waals surface area contributed by atoms with E-state index in [4.69, 9.17) is 5.11 Å². The number of anilines is 1. The van der Waals surface area contributed by atoms with Crippen LogP contribution in [0.4, 0.5) is 5.69 Å². The fraction of sp³-hybridized carbons (Fsp3) is 0.429. The minimum absolute atomic E-state index is 0.0388. The van der Waals surface area contributed by atoms with Crippen LogP contribution in [0.5, 0.6) is 0 Å². The smallest absolute Gasteiger partial charge is 0.330 e. The van der Waals surface area contributed by atoms with Gasteiger partial charge in [0.25, 0.3) is 5.91 Å². The van der Waals surface area contributed by atoms with Gasteiger partial charge in [-0.3, -0.25) is 10.1 Å². The van der Waals surface area contributed by atoms with Crippen LogP contribution in [0, 0.1) is 0 Å². The van der Waals surface area contributed by atoms with E-state index in [1.807, 2.05) is 12.1 Å². The molecule has 19 heavy (non-hydrogen) atoms. The molecule has 3 N–H and O–H groups in total. The standard InChI is InChI=1S/C14H20N2O3/c1-14(2,3)9-5-7-10(8-6-9)16-12(17)11(15-4)13(18)19/h5-8,11,15H,1-4H3,(H,16,17)(H,18,19). The summed E-state index contributed by atoms with van der Waals surface area (Å²) in [6, 6.07) is 6.14. The van der Waals surface area contributed by atoms with E-state index < -0.39 is 17.9 Å². The summed E-state index contributed by atoms with van der Waals surface area (Å²) in [5, 5.41) is 13.9. The highest BCUT2D eigenvalue weighted by Crippen LogP contribution is 2.23. The maximum atomic E-state index is 11.7. The first-order valence-electron chi connectivity index (χ1n) is 6.07. The summed E-state index contributed by atoms with van der Waals surface area (Å²) in [5.41, 5.74) is 1.77. The molecule has 1 atom stereocenters. The number of carboxylic acid groups (broad SMARTS) is 1. The van der Waals surface area contributed by atoms with Crippen molar-refractivity contribution in [2.75, 3.05) is 12.4 Å². The van der Waals surface area contributed by atoms with Gasteiger partial charge in [0.15, 0.2) is 6.04 Å². The molecule has 1 unspecified atom stereocenters. The number of carbonyl (C=O) groups excluding carboxylic acids is 1. The highest BCUT2D eigenvalue weighted by molar-refractivity contribution is 6.07. The zero-order chi connectivity index (χ0) is 14.6. The van der Waals surface area contributed by atoms with Gasteiger partial charge in [-0.2, -0.15) is 0 Å². The Kier molecular flexibility index (Phi) is 4.67. The Bertz CT molecular complexity index is 461. The largest absolute Gasteiger partial charge is 0.480 e. The lowest BCUT2D eigenvalue weighted by atomic mass is 9.87. The zero-order valence-electron chi connectivity index (χ0n) is 11.7. The van der Waals surface area contributed by atoms with E-state index in [0.29, 0.717) is 5.69 Å². The highest BCUT2D eigenvalue weighted by Gasteiger charge is 2.24. The molecule has 0 heterocycles. The number of aliphatic carboxylic acids is 1. The zero-order valence-corrected chi connectivity index (χ0v) is 11.7. The molecule has 0 saturated carbocycles. The van der Waals surface area contributed by atoms with Gasteiger partial charge in [0.05, 0.1) is 0 Å². The SMILES string of the molecule is CNC(C(=O)O)C(=O)Nc1ccc(C(C)(C)C)cc1. The Labute approximate surface area is 113 Å². The van der Waals surface area contributed by atoms with E-state index in [9.17, 15) is 9.59 Å². The topological polar surface area (TPSA) is 78.4 Å². The summed E-state index contributed by atoms with van der Waals surface area (Å²) in [5.74, 6) is -1.79. The Morgan fingerprint density at radius 2 is 1.68 bits per heavy atom. The van der Waals surface area contributed by atoms with Gasteiger partial charge in [-0.25, -0.2) is 4.79 Å². The summed E-state index contributed by atoms with van der Waals surface area (Å²) in [7, 11) is 1.43. The van der Waals surface area contributed by atoms with Gasteiger partial charge in [0.1, 0.15) is 0 Å². The molecule has 0 aliphatic rings. The molecule has 5 heteroatoms. The lowest BCUT2D eigenvalue weighted by molar-refractivity contribution is -0.142. The van der Waals surface area contributed by atoms with E-state index in [2.05, 4.69) is 31.4 Å². The van der Waals surface area contributed by atoms with Crippen LogP contribution >= 0.6 is 0 Å². The Morgan fingerprint density at radius 3 is 2.05 bits per heavy atom. The second-order valence-corrected chi connectivity index (χ2v) is 5.38. The second-order valence-electron chi connectivity index (χ2n) is 5.38. The van der Waals surface area contributed by atoms with Crippen LogP contribution in [-0.4, -0.2) is 30.1 Å². The first-order chi connectivity index (χ1) is 8.75. The molecule has 0 saturated heterocycles. The van der Waals surface area contributed by atoms with Gasteiger partial charge in [0.2, 0.25) is 0 Å². The molecule has 0 radical (unpaired) electrons. The van der Waals surface area contributed by atoms with Crippen molar-refractivity contribution in [1.82, 2.24) is 5.32 Å². The molecule has 5 nitrogen and oxygen atoms in total. The van der Waals surface area contributed by atoms with E-state index in [0.717, 1.165) is 5.56 Å². The van der Waals surface area contributed by atoms with Gasteiger partial charge >= 0.3 is 5.97 Å². The molecular weight excluding hydrogens is 244 g/mol. The maximum absolute atomic E-state index is 11.7. The number of nitrogens with one attached hydrogen (secondary N) is 2. The van der Waals surface area contributed by atoms with E-state index in [1.165, 1.54) is 7.05 Å². The molecule has 0 aromatic heterocycles. The minimum atomic E-state index is -1.25. The van der Waals surface area contributed by atoms with Crippen molar-refractivity contribution in [3.8, 4) is 0 Å². The first-order valence-corrected chi connectivity index (χ1v) is 6.07. The van der Waals surface area contributed by atoms with Gasteiger partial charge in [-0.1, -0.05) is 32.9 Å². The molecule has 0 fully saturated rings. The number of hydrogen-bond donors (Lipinski definition) is 3. The number of amides is 1. The number of hydrogen-bond acceptors (Lipinski definition) is 3. The molecule has 1 rings (SSSR count). The van der Waals surface area contributed by atoms with E-state index in [-0.39, 0.29) is 5.41 Å². The maximum Gasteiger partial charge on any atom is 0.330 e. The summed E-state index contributed by atoms with van der Waals surface area (Å²) in [6.07, 6.45) is 0. The molecule has 1 aromatic carbocycles. The quantitative estimate of drug-likeness (QED) is 0.722. The number of carbonyl (C=O) groups is 2. The average Bonchev–Trinajstić information content (AvgIpc) is 2.28. The van der Waals surface area contributed by atoms with Gasteiger partial charge in [-0.05, 0) is 30.2 Å². The predicted octanol–water partition coefficient (Wildman–Crippen LogP) is 1.60. The van der Waals surface area contributed by atoms with E-state index >= 15 is 0 Å². The van der Waals surface area contributed by atoms with Crippen LogP contribution < -0.4 is 10.6 Å². The fourth-order valence-corrected chi connectivity index (χ4v) is 1.63. The van der Waals surface area contributed by atoms with Crippen molar-refractivity contribution < 1.29 is 14.7 Å². The molecular formula is C14H20N2O3. The number of carboxylic acids is 1. The van der Waals surface area contributed by atoms with Crippen molar-refractivity contribution in [2.24, 2.45) is 0 Å². The number of rotatable bonds is 4. The summed E-state index contributed by atoms with van der Waals surface area (Å²) >= 11 is 0. The molecule has 0 aliphatic heterocycles. The Morgan fingerprint density at radius 1 is 1.16 bits per heavy atom. The van der Waals surface area contributed by atoms with E-state index in [1.54, 1.807) is 12.1 Å². The fourth-order valence-electron chi connectivity index (χ4n) is 1.63. The Hall–Kier alpha value is -1.88. The first kappa shape index (κ1) is 15.2. The normalized spacial score (nSPS) is 12.8.